The van der Waals surface area contributed by atoms with E-state index in [4.69, 9.17) is 14.9 Å². The molecule has 0 aliphatic rings. The van der Waals surface area contributed by atoms with Crippen LogP contribution in [0.2, 0.25) is 0 Å². The van der Waals surface area contributed by atoms with Crippen molar-refractivity contribution in [2.75, 3.05) is 13.2 Å². The summed E-state index contributed by atoms with van der Waals surface area (Å²) in [5, 5.41) is 21.0. The Hall–Kier alpha value is -0.780. The highest BCUT2D eigenvalue weighted by molar-refractivity contribution is 7.08. The molecule has 98 valence electrons. The second-order valence-corrected chi connectivity index (χ2v) is 3.98. The zero-order valence-electron chi connectivity index (χ0n) is 9.93. The van der Waals surface area contributed by atoms with Crippen molar-refractivity contribution in [2.24, 2.45) is 0 Å². The van der Waals surface area contributed by atoms with E-state index in [1.807, 2.05) is 12.3 Å². The number of halogens is 1. The SMILES string of the molecule is CCCOc1cscc1C(O)C(=N)OCC.Cl. The number of rotatable bonds is 6. The molecular weight excluding hydrogens is 262 g/mol. The number of ether oxygens (including phenoxy) is 2. The Bertz CT molecular complexity index is 343. The second-order valence-electron chi connectivity index (χ2n) is 3.24. The number of hydrogen-bond acceptors (Lipinski definition) is 5. The summed E-state index contributed by atoms with van der Waals surface area (Å²) < 4.78 is 10.4. The second kappa shape index (κ2) is 8.33. The van der Waals surface area contributed by atoms with Crippen LogP contribution in [0.1, 0.15) is 31.9 Å². The highest BCUT2D eigenvalue weighted by Gasteiger charge is 2.20. The van der Waals surface area contributed by atoms with Crippen LogP contribution in [-0.4, -0.2) is 24.2 Å². The maximum Gasteiger partial charge on any atom is 0.215 e. The first kappa shape index (κ1) is 16.2. The van der Waals surface area contributed by atoms with Crippen molar-refractivity contribution in [3.05, 3.63) is 16.3 Å². The Kier molecular flexibility index (Phi) is 7.95. The molecule has 0 bridgehead atoms. The van der Waals surface area contributed by atoms with E-state index in [1.54, 1.807) is 12.3 Å². The van der Waals surface area contributed by atoms with Crippen LogP contribution in [0.5, 0.6) is 5.75 Å². The van der Waals surface area contributed by atoms with Gasteiger partial charge in [0.2, 0.25) is 5.90 Å². The zero-order valence-corrected chi connectivity index (χ0v) is 11.6. The summed E-state index contributed by atoms with van der Waals surface area (Å²) in [6.07, 6.45) is -0.119. The van der Waals surface area contributed by atoms with E-state index in [9.17, 15) is 5.11 Å². The van der Waals surface area contributed by atoms with E-state index < -0.39 is 6.10 Å². The maximum absolute atomic E-state index is 9.87. The third-order valence-electron chi connectivity index (χ3n) is 1.96. The Balaban J connectivity index is 0.00000256. The molecule has 17 heavy (non-hydrogen) atoms. The fraction of sp³-hybridized carbons (Fsp3) is 0.545. The van der Waals surface area contributed by atoms with Gasteiger partial charge in [-0.15, -0.1) is 23.7 Å². The van der Waals surface area contributed by atoms with Crippen molar-refractivity contribution >= 4 is 29.6 Å². The van der Waals surface area contributed by atoms with Gasteiger partial charge in [0.15, 0.2) is 6.10 Å². The molecule has 0 fully saturated rings. The molecular formula is C11H18ClNO3S. The molecule has 0 amide bonds. The van der Waals surface area contributed by atoms with Gasteiger partial charge in [0.25, 0.3) is 0 Å². The van der Waals surface area contributed by atoms with Gasteiger partial charge >= 0.3 is 0 Å². The molecule has 0 saturated carbocycles. The van der Waals surface area contributed by atoms with E-state index in [-0.39, 0.29) is 18.3 Å². The lowest BCUT2D eigenvalue weighted by Gasteiger charge is -2.13. The van der Waals surface area contributed by atoms with Gasteiger partial charge in [-0.25, -0.2) is 0 Å². The Labute approximate surface area is 111 Å². The van der Waals surface area contributed by atoms with E-state index in [0.29, 0.717) is 24.5 Å². The molecule has 1 rings (SSSR count). The summed E-state index contributed by atoms with van der Waals surface area (Å²) >= 11 is 1.44. The summed E-state index contributed by atoms with van der Waals surface area (Å²) in [7, 11) is 0. The molecule has 2 N–H and O–H groups in total. The van der Waals surface area contributed by atoms with Crippen molar-refractivity contribution in [3.63, 3.8) is 0 Å². The normalized spacial score (nSPS) is 11.5. The molecule has 0 aliphatic heterocycles. The minimum atomic E-state index is -1.03. The summed E-state index contributed by atoms with van der Waals surface area (Å²) in [4.78, 5) is 0. The highest BCUT2D eigenvalue weighted by atomic mass is 35.5. The number of aliphatic hydroxyl groups excluding tert-OH is 1. The lowest BCUT2D eigenvalue weighted by Crippen LogP contribution is -2.15. The van der Waals surface area contributed by atoms with Gasteiger partial charge in [0.1, 0.15) is 5.75 Å². The monoisotopic (exact) mass is 279 g/mol. The summed E-state index contributed by atoms with van der Waals surface area (Å²) in [6, 6.07) is 0. The van der Waals surface area contributed by atoms with Crippen LogP contribution in [0.3, 0.4) is 0 Å². The van der Waals surface area contributed by atoms with Gasteiger partial charge in [-0.1, -0.05) is 6.92 Å². The third kappa shape index (κ3) is 4.53. The summed E-state index contributed by atoms with van der Waals surface area (Å²) in [6.45, 7) is 4.79. The van der Waals surface area contributed by atoms with Gasteiger partial charge in [0, 0.05) is 16.3 Å². The lowest BCUT2D eigenvalue weighted by atomic mass is 10.2. The smallest absolute Gasteiger partial charge is 0.215 e. The average Bonchev–Trinajstić information content (AvgIpc) is 2.73. The first-order chi connectivity index (χ1) is 7.70. The Morgan fingerprint density at radius 2 is 2.18 bits per heavy atom. The first-order valence-corrected chi connectivity index (χ1v) is 6.23. The van der Waals surface area contributed by atoms with Crippen molar-refractivity contribution in [2.45, 2.75) is 26.4 Å². The lowest BCUT2D eigenvalue weighted by molar-refractivity contribution is 0.185. The molecule has 1 aromatic heterocycles. The van der Waals surface area contributed by atoms with E-state index in [2.05, 4.69) is 0 Å². The van der Waals surface area contributed by atoms with Crippen molar-refractivity contribution in [1.29, 1.82) is 5.41 Å². The largest absolute Gasteiger partial charge is 0.492 e. The standard InChI is InChI=1S/C11H17NO3S.ClH/c1-3-5-15-9-7-16-6-8(9)10(13)11(12)14-4-2;/h6-7,10,12-13H,3-5H2,1-2H3;1H. The molecule has 1 heterocycles. The molecule has 6 heteroatoms. The molecule has 0 saturated heterocycles. The summed E-state index contributed by atoms with van der Waals surface area (Å²) in [5.74, 6) is 0.506. The molecule has 1 aromatic rings. The highest BCUT2D eigenvalue weighted by Crippen LogP contribution is 2.30. The minimum absolute atomic E-state index is 0. The summed E-state index contributed by atoms with van der Waals surface area (Å²) in [5.41, 5.74) is 0.608. The predicted octanol–water partition coefficient (Wildman–Crippen LogP) is 3.01. The minimum Gasteiger partial charge on any atom is -0.492 e. The zero-order chi connectivity index (χ0) is 12.0. The predicted molar refractivity (Wildman–Crippen MR) is 71.7 cm³/mol. The molecule has 4 nitrogen and oxygen atoms in total. The van der Waals surface area contributed by atoms with E-state index in [1.165, 1.54) is 11.3 Å². The number of aliphatic hydroxyl groups is 1. The molecule has 0 radical (unpaired) electrons. The Morgan fingerprint density at radius 1 is 1.47 bits per heavy atom. The number of thiophene rings is 1. The van der Waals surface area contributed by atoms with Gasteiger partial charge in [-0.3, -0.25) is 5.41 Å². The van der Waals surface area contributed by atoms with E-state index >= 15 is 0 Å². The van der Waals surface area contributed by atoms with Gasteiger partial charge in [0.05, 0.1) is 13.2 Å². The average molecular weight is 280 g/mol. The number of hydrogen-bond donors (Lipinski definition) is 2. The van der Waals surface area contributed by atoms with Crippen LogP contribution >= 0.6 is 23.7 Å². The van der Waals surface area contributed by atoms with E-state index in [0.717, 1.165) is 6.42 Å². The molecule has 0 aliphatic carbocycles. The maximum atomic E-state index is 9.87. The van der Waals surface area contributed by atoms with Crippen LogP contribution in [0.25, 0.3) is 0 Å². The van der Waals surface area contributed by atoms with Gasteiger partial charge < -0.3 is 14.6 Å². The van der Waals surface area contributed by atoms with Crippen LogP contribution in [0, 0.1) is 5.41 Å². The molecule has 0 aromatic carbocycles. The number of nitrogens with one attached hydrogen (secondary N) is 1. The van der Waals surface area contributed by atoms with Crippen LogP contribution in [-0.2, 0) is 4.74 Å². The van der Waals surface area contributed by atoms with Crippen LogP contribution < -0.4 is 4.74 Å². The quantitative estimate of drug-likeness (QED) is 0.621. The fourth-order valence-corrected chi connectivity index (χ4v) is 1.99. The van der Waals surface area contributed by atoms with Crippen molar-refractivity contribution in [3.8, 4) is 5.75 Å². The fourth-order valence-electron chi connectivity index (χ4n) is 1.20. The van der Waals surface area contributed by atoms with Gasteiger partial charge in [-0.05, 0) is 13.3 Å². The van der Waals surface area contributed by atoms with Crippen molar-refractivity contribution < 1.29 is 14.6 Å². The van der Waals surface area contributed by atoms with Crippen molar-refractivity contribution in [1.82, 2.24) is 0 Å². The van der Waals surface area contributed by atoms with Crippen LogP contribution in [0.15, 0.2) is 10.8 Å². The topological polar surface area (TPSA) is 62.5 Å². The molecule has 0 spiro atoms. The molecule has 1 atom stereocenters. The Morgan fingerprint density at radius 3 is 2.76 bits per heavy atom. The van der Waals surface area contributed by atoms with Gasteiger partial charge in [-0.2, -0.15) is 0 Å². The molecule has 1 unspecified atom stereocenters. The first-order valence-electron chi connectivity index (χ1n) is 5.28. The van der Waals surface area contributed by atoms with Crippen LogP contribution in [0.4, 0.5) is 0 Å². The third-order valence-corrected chi connectivity index (χ3v) is 2.70.